The fourth-order valence-corrected chi connectivity index (χ4v) is 3.64. The van der Waals surface area contributed by atoms with Gasteiger partial charge < -0.3 is 9.73 Å². The molecule has 0 bridgehead atoms. The number of amides is 1. The van der Waals surface area contributed by atoms with Crippen molar-refractivity contribution in [3.05, 3.63) is 74.0 Å². The molecule has 0 radical (unpaired) electrons. The van der Waals surface area contributed by atoms with Crippen LogP contribution in [0.2, 0.25) is 5.02 Å². The van der Waals surface area contributed by atoms with E-state index in [-0.39, 0.29) is 5.91 Å². The molecule has 27 heavy (non-hydrogen) atoms. The van der Waals surface area contributed by atoms with Crippen molar-refractivity contribution < 1.29 is 9.21 Å². The first-order chi connectivity index (χ1) is 13.0. The predicted octanol–water partition coefficient (Wildman–Crippen LogP) is 3.84. The van der Waals surface area contributed by atoms with Gasteiger partial charge >= 0.3 is 5.76 Å². The Balaban J connectivity index is 1.50. The van der Waals surface area contributed by atoms with E-state index in [1.807, 2.05) is 17.5 Å². The summed E-state index contributed by atoms with van der Waals surface area (Å²) in [6.45, 7) is 0.318. The van der Waals surface area contributed by atoms with Gasteiger partial charge in [0, 0.05) is 28.6 Å². The molecule has 2 aromatic carbocycles. The fraction of sp³-hybridized carbons (Fsp3) is 0.105. The highest BCUT2D eigenvalue weighted by Gasteiger charge is 2.11. The third-order valence-corrected chi connectivity index (χ3v) is 5.21. The summed E-state index contributed by atoms with van der Waals surface area (Å²) >= 11 is 7.36. The number of oxazole rings is 1. The van der Waals surface area contributed by atoms with Gasteiger partial charge in [-0.1, -0.05) is 23.7 Å². The average Bonchev–Trinajstić information content (AvgIpc) is 3.24. The van der Waals surface area contributed by atoms with E-state index in [0.717, 1.165) is 21.8 Å². The van der Waals surface area contributed by atoms with Crippen LogP contribution in [0.4, 0.5) is 0 Å². The van der Waals surface area contributed by atoms with Crippen molar-refractivity contribution in [2.24, 2.45) is 7.05 Å². The number of carbonyl (C=O) groups excluding carboxylic acids is 1. The van der Waals surface area contributed by atoms with E-state index >= 15 is 0 Å². The van der Waals surface area contributed by atoms with Crippen LogP contribution >= 0.6 is 22.9 Å². The molecule has 6 nitrogen and oxygen atoms in total. The summed E-state index contributed by atoms with van der Waals surface area (Å²) in [5.74, 6) is -0.605. The summed E-state index contributed by atoms with van der Waals surface area (Å²) in [6.07, 6.45) is 0. The molecular weight excluding hydrogens is 386 g/mol. The fourth-order valence-electron chi connectivity index (χ4n) is 2.71. The number of benzene rings is 2. The molecule has 8 heteroatoms. The minimum atomic E-state index is -0.398. The summed E-state index contributed by atoms with van der Waals surface area (Å²) in [5, 5.41) is 6.03. The number of halogens is 1. The summed E-state index contributed by atoms with van der Waals surface area (Å²) in [4.78, 5) is 28.4. The van der Waals surface area contributed by atoms with Crippen LogP contribution in [0.1, 0.15) is 15.4 Å². The Morgan fingerprint density at radius 2 is 2.15 bits per heavy atom. The normalized spacial score (nSPS) is 11.0. The van der Waals surface area contributed by atoms with Crippen molar-refractivity contribution >= 4 is 39.9 Å². The van der Waals surface area contributed by atoms with Crippen LogP contribution in [-0.2, 0) is 13.6 Å². The number of fused-ring (bicyclic) bond motifs is 1. The Morgan fingerprint density at radius 1 is 1.30 bits per heavy atom. The second kappa shape index (κ2) is 7.02. The molecule has 4 aromatic rings. The quantitative estimate of drug-likeness (QED) is 0.565. The second-order valence-electron chi connectivity index (χ2n) is 5.93. The van der Waals surface area contributed by atoms with Crippen LogP contribution < -0.4 is 11.1 Å². The van der Waals surface area contributed by atoms with Crippen molar-refractivity contribution in [1.82, 2.24) is 14.9 Å². The number of nitrogens with zero attached hydrogens (tertiary/aromatic N) is 2. The van der Waals surface area contributed by atoms with Crippen molar-refractivity contribution in [2.45, 2.75) is 6.54 Å². The lowest BCUT2D eigenvalue weighted by atomic mass is 10.1. The first kappa shape index (κ1) is 17.5. The Kier molecular flexibility index (Phi) is 4.55. The summed E-state index contributed by atoms with van der Waals surface area (Å²) in [7, 11) is 1.66. The maximum atomic E-state index is 12.2. The number of aromatic nitrogens is 2. The first-order valence-electron chi connectivity index (χ1n) is 8.09. The molecule has 2 aromatic heterocycles. The van der Waals surface area contributed by atoms with Gasteiger partial charge in [0.05, 0.1) is 17.8 Å². The van der Waals surface area contributed by atoms with Gasteiger partial charge in [0.2, 0.25) is 0 Å². The van der Waals surface area contributed by atoms with E-state index in [2.05, 4.69) is 10.3 Å². The lowest BCUT2D eigenvalue weighted by Gasteiger charge is -2.03. The van der Waals surface area contributed by atoms with Crippen LogP contribution in [-0.4, -0.2) is 15.5 Å². The van der Waals surface area contributed by atoms with Gasteiger partial charge in [0.25, 0.3) is 5.91 Å². The van der Waals surface area contributed by atoms with E-state index in [1.54, 1.807) is 37.4 Å². The van der Waals surface area contributed by atoms with Gasteiger partial charge in [-0.05, 0) is 30.3 Å². The Hall–Kier alpha value is -2.90. The maximum absolute atomic E-state index is 12.2. The van der Waals surface area contributed by atoms with Gasteiger partial charge in [-0.25, -0.2) is 9.78 Å². The number of hydrogen-bond donors (Lipinski definition) is 1. The summed E-state index contributed by atoms with van der Waals surface area (Å²) in [6, 6.07) is 12.3. The largest absolute Gasteiger partial charge is 0.419 e. The molecule has 1 amide bonds. The smallest absolute Gasteiger partial charge is 0.408 e. The number of nitrogens with one attached hydrogen (secondary N) is 1. The molecule has 0 aliphatic heterocycles. The molecule has 4 rings (SSSR count). The van der Waals surface area contributed by atoms with Crippen LogP contribution in [0.5, 0.6) is 0 Å². The second-order valence-corrected chi connectivity index (χ2v) is 7.31. The zero-order chi connectivity index (χ0) is 19.0. The van der Waals surface area contributed by atoms with Gasteiger partial charge in [-0.3, -0.25) is 9.36 Å². The molecular formula is C19H14ClN3O3S. The van der Waals surface area contributed by atoms with Crippen LogP contribution in [0.25, 0.3) is 22.4 Å². The SMILES string of the molecule is Cn1c(=O)oc2cc(-c3csc(CNC(=O)c4cccc(Cl)c4)n3)ccc21. The van der Waals surface area contributed by atoms with Crippen molar-refractivity contribution in [2.75, 3.05) is 0 Å². The first-order valence-corrected chi connectivity index (χ1v) is 9.35. The molecule has 136 valence electrons. The topological polar surface area (TPSA) is 77.1 Å². The molecule has 1 N–H and O–H groups in total. The molecule has 0 unspecified atom stereocenters. The van der Waals surface area contributed by atoms with Crippen molar-refractivity contribution in [3.8, 4) is 11.3 Å². The highest BCUT2D eigenvalue weighted by molar-refractivity contribution is 7.09. The maximum Gasteiger partial charge on any atom is 0.419 e. The predicted molar refractivity (Wildman–Crippen MR) is 105 cm³/mol. The van der Waals surface area contributed by atoms with Crippen molar-refractivity contribution in [1.29, 1.82) is 0 Å². The molecule has 0 saturated heterocycles. The number of aryl methyl sites for hydroxylation is 1. The van der Waals surface area contributed by atoms with Crippen LogP contribution in [0.15, 0.2) is 57.1 Å². The third kappa shape index (κ3) is 3.51. The van der Waals surface area contributed by atoms with Gasteiger partial charge in [-0.2, -0.15) is 0 Å². The monoisotopic (exact) mass is 399 g/mol. The molecule has 0 aliphatic carbocycles. The molecule has 0 saturated carbocycles. The molecule has 0 aliphatic rings. The van der Waals surface area contributed by atoms with Crippen LogP contribution in [0.3, 0.4) is 0 Å². The Labute approximate surface area is 163 Å². The highest BCUT2D eigenvalue weighted by atomic mass is 35.5. The van der Waals surface area contributed by atoms with Crippen molar-refractivity contribution in [3.63, 3.8) is 0 Å². The standard InChI is InChI=1S/C19H14ClN3O3S/c1-23-15-6-5-11(8-16(15)26-19(23)25)14-10-27-17(22-14)9-21-18(24)12-3-2-4-13(20)7-12/h2-8,10H,9H2,1H3,(H,21,24). The molecule has 0 atom stereocenters. The number of rotatable bonds is 4. The number of thiazole rings is 1. The highest BCUT2D eigenvalue weighted by Crippen LogP contribution is 2.25. The number of hydrogen-bond acceptors (Lipinski definition) is 5. The third-order valence-electron chi connectivity index (χ3n) is 4.13. The minimum absolute atomic E-state index is 0.207. The van der Waals surface area contributed by atoms with Gasteiger partial charge in [0.15, 0.2) is 5.58 Å². The molecule has 0 fully saturated rings. The molecule has 2 heterocycles. The average molecular weight is 400 g/mol. The number of carbonyl (C=O) groups is 1. The van der Waals surface area contributed by atoms with Crippen LogP contribution in [0, 0.1) is 0 Å². The van der Waals surface area contributed by atoms with E-state index in [4.69, 9.17) is 16.0 Å². The zero-order valence-electron chi connectivity index (χ0n) is 14.2. The lowest BCUT2D eigenvalue weighted by molar-refractivity contribution is 0.0951. The van der Waals surface area contributed by atoms with E-state index in [1.165, 1.54) is 15.9 Å². The summed E-state index contributed by atoms with van der Waals surface area (Å²) in [5.41, 5.74) is 3.36. The van der Waals surface area contributed by atoms with Gasteiger partial charge in [0.1, 0.15) is 5.01 Å². The zero-order valence-corrected chi connectivity index (χ0v) is 15.8. The van der Waals surface area contributed by atoms with Gasteiger partial charge in [-0.15, -0.1) is 11.3 Å². The van der Waals surface area contributed by atoms with E-state index < -0.39 is 5.76 Å². The Morgan fingerprint density at radius 3 is 2.96 bits per heavy atom. The minimum Gasteiger partial charge on any atom is -0.408 e. The molecule has 0 spiro atoms. The lowest BCUT2D eigenvalue weighted by Crippen LogP contribution is -2.22. The van der Waals surface area contributed by atoms with E-state index in [0.29, 0.717) is 22.7 Å². The summed E-state index contributed by atoms with van der Waals surface area (Å²) < 4.78 is 6.68. The van der Waals surface area contributed by atoms with E-state index in [9.17, 15) is 9.59 Å². The Bertz CT molecular complexity index is 1210.